The Bertz CT molecular complexity index is 332. The Morgan fingerprint density at radius 3 is 3.00 bits per heavy atom. The molecular weight excluding hydrogens is 200 g/mol. The molecule has 0 radical (unpaired) electrons. The second-order valence-electron chi connectivity index (χ2n) is 5.00. The number of aromatic nitrogens is 2. The number of hydrogen-bond acceptors (Lipinski definition) is 3. The summed E-state index contributed by atoms with van der Waals surface area (Å²) < 4.78 is 0. The highest BCUT2D eigenvalue weighted by Crippen LogP contribution is 2.22. The van der Waals surface area contributed by atoms with Gasteiger partial charge in [-0.1, -0.05) is 6.42 Å². The summed E-state index contributed by atoms with van der Waals surface area (Å²) in [6, 6.07) is 3.23. The van der Waals surface area contributed by atoms with Crippen molar-refractivity contribution >= 4 is 5.82 Å². The number of piperidine rings is 1. The first-order valence-electron chi connectivity index (χ1n) is 6.22. The second-order valence-corrected chi connectivity index (χ2v) is 5.00. The number of aromatic amines is 1. The van der Waals surface area contributed by atoms with Crippen molar-refractivity contribution in [3.8, 4) is 0 Å². The lowest BCUT2D eigenvalue weighted by atomic mass is 9.96. The summed E-state index contributed by atoms with van der Waals surface area (Å²) >= 11 is 0. The van der Waals surface area contributed by atoms with Crippen molar-refractivity contribution in [1.82, 2.24) is 15.1 Å². The Hall–Kier alpha value is -1.03. The number of nitrogens with zero attached hydrogens (tertiary/aromatic N) is 2. The van der Waals surface area contributed by atoms with Crippen LogP contribution in [0.1, 0.15) is 38.8 Å². The van der Waals surface area contributed by atoms with Gasteiger partial charge in [0.15, 0.2) is 0 Å². The molecule has 3 N–H and O–H groups in total. The van der Waals surface area contributed by atoms with E-state index in [9.17, 15) is 0 Å². The molecule has 0 spiro atoms. The molecule has 1 aliphatic heterocycles. The molecule has 1 atom stereocenters. The summed E-state index contributed by atoms with van der Waals surface area (Å²) in [7, 11) is 0. The van der Waals surface area contributed by atoms with Gasteiger partial charge in [-0.25, -0.2) is 0 Å². The van der Waals surface area contributed by atoms with E-state index >= 15 is 0 Å². The largest absolute Gasteiger partial charge is 0.382 e. The molecule has 4 heteroatoms. The van der Waals surface area contributed by atoms with Gasteiger partial charge in [-0.3, -0.25) is 10.00 Å². The summed E-state index contributed by atoms with van der Waals surface area (Å²) in [5.41, 5.74) is 6.78. The lowest BCUT2D eigenvalue weighted by Gasteiger charge is -2.38. The molecule has 0 bridgehead atoms. The van der Waals surface area contributed by atoms with Gasteiger partial charge >= 0.3 is 0 Å². The topological polar surface area (TPSA) is 57.9 Å². The van der Waals surface area contributed by atoms with Gasteiger partial charge < -0.3 is 5.73 Å². The third-order valence-electron chi connectivity index (χ3n) is 3.44. The van der Waals surface area contributed by atoms with Crippen LogP contribution < -0.4 is 5.73 Å². The van der Waals surface area contributed by atoms with Crippen LogP contribution in [-0.4, -0.2) is 33.7 Å². The summed E-state index contributed by atoms with van der Waals surface area (Å²) in [6.45, 7) is 5.78. The summed E-state index contributed by atoms with van der Waals surface area (Å²) in [5, 5.41) is 7.00. The molecule has 2 rings (SSSR count). The lowest BCUT2D eigenvalue weighted by molar-refractivity contribution is 0.111. The molecule has 0 aliphatic carbocycles. The molecule has 1 aromatic heterocycles. The average molecular weight is 222 g/mol. The lowest BCUT2D eigenvalue weighted by Crippen LogP contribution is -2.45. The number of nitrogen functional groups attached to an aromatic ring is 1. The zero-order valence-electron chi connectivity index (χ0n) is 10.2. The molecule has 0 amide bonds. The van der Waals surface area contributed by atoms with Crippen LogP contribution in [0.5, 0.6) is 0 Å². The average Bonchev–Trinajstić information content (AvgIpc) is 2.64. The van der Waals surface area contributed by atoms with Gasteiger partial charge in [0.25, 0.3) is 0 Å². The van der Waals surface area contributed by atoms with E-state index in [1.54, 1.807) is 0 Å². The van der Waals surface area contributed by atoms with Crippen molar-refractivity contribution in [2.45, 2.75) is 51.6 Å². The Morgan fingerprint density at radius 1 is 1.56 bits per heavy atom. The number of rotatable bonds is 3. The number of likely N-dealkylation sites (tertiary alicyclic amines) is 1. The predicted octanol–water partition coefficient (Wildman–Crippen LogP) is 1.80. The number of H-pyrrole nitrogens is 1. The maximum absolute atomic E-state index is 5.62. The van der Waals surface area contributed by atoms with Crippen LogP contribution in [0.4, 0.5) is 5.82 Å². The number of hydrogen-bond donors (Lipinski definition) is 2. The first-order chi connectivity index (χ1) is 7.66. The van der Waals surface area contributed by atoms with Gasteiger partial charge in [-0.2, -0.15) is 5.10 Å². The quantitative estimate of drug-likeness (QED) is 0.820. The van der Waals surface area contributed by atoms with Gasteiger partial charge in [0.2, 0.25) is 0 Å². The van der Waals surface area contributed by atoms with Crippen LogP contribution in [-0.2, 0) is 6.42 Å². The molecule has 1 aliphatic rings. The minimum Gasteiger partial charge on any atom is -0.382 e. The van der Waals surface area contributed by atoms with Gasteiger partial charge in [0.05, 0.1) is 0 Å². The van der Waals surface area contributed by atoms with E-state index in [2.05, 4.69) is 28.9 Å². The highest BCUT2D eigenvalue weighted by molar-refractivity contribution is 5.28. The molecule has 90 valence electrons. The second kappa shape index (κ2) is 4.87. The fourth-order valence-corrected chi connectivity index (χ4v) is 2.66. The van der Waals surface area contributed by atoms with Crippen LogP contribution in [0.15, 0.2) is 6.07 Å². The third kappa shape index (κ3) is 2.55. The summed E-state index contributed by atoms with van der Waals surface area (Å²) in [4.78, 5) is 2.60. The van der Waals surface area contributed by atoms with Crippen LogP contribution >= 0.6 is 0 Å². The minimum atomic E-state index is 0.599. The Kier molecular flexibility index (Phi) is 3.49. The van der Waals surface area contributed by atoms with Gasteiger partial charge in [-0.05, 0) is 33.2 Å². The van der Waals surface area contributed by atoms with Gasteiger partial charge in [-0.15, -0.1) is 0 Å². The molecule has 2 heterocycles. The van der Waals surface area contributed by atoms with Crippen molar-refractivity contribution in [3.63, 3.8) is 0 Å². The van der Waals surface area contributed by atoms with Crippen molar-refractivity contribution in [1.29, 1.82) is 0 Å². The number of anilines is 1. The maximum Gasteiger partial charge on any atom is 0.145 e. The van der Waals surface area contributed by atoms with E-state index in [0.29, 0.717) is 17.9 Å². The molecule has 1 fully saturated rings. The zero-order valence-corrected chi connectivity index (χ0v) is 10.2. The van der Waals surface area contributed by atoms with Crippen molar-refractivity contribution in [3.05, 3.63) is 11.8 Å². The predicted molar refractivity (Wildman–Crippen MR) is 66.2 cm³/mol. The van der Waals surface area contributed by atoms with E-state index in [1.165, 1.54) is 25.8 Å². The van der Waals surface area contributed by atoms with Gasteiger partial charge in [0.1, 0.15) is 5.82 Å². The molecule has 16 heavy (non-hydrogen) atoms. The van der Waals surface area contributed by atoms with E-state index < -0.39 is 0 Å². The fraction of sp³-hybridized carbons (Fsp3) is 0.750. The highest BCUT2D eigenvalue weighted by Gasteiger charge is 2.24. The van der Waals surface area contributed by atoms with Crippen LogP contribution in [0.25, 0.3) is 0 Å². The van der Waals surface area contributed by atoms with Crippen molar-refractivity contribution in [2.75, 3.05) is 12.3 Å². The fourth-order valence-electron chi connectivity index (χ4n) is 2.66. The highest BCUT2D eigenvalue weighted by atomic mass is 15.2. The molecule has 1 aromatic rings. The summed E-state index contributed by atoms with van der Waals surface area (Å²) in [6.07, 6.45) is 5.01. The van der Waals surface area contributed by atoms with Crippen LogP contribution in [0.3, 0.4) is 0 Å². The van der Waals surface area contributed by atoms with E-state index in [4.69, 9.17) is 5.73 Å². The zero-order chi connectivity index (χ0) is 11.5. The SMILES string of the molecule is CC(C)N1CCCCC1Cc1cc(N)n[nH]1. The van der Waals surface area contributed by atoms with Crippen molar-refractivity contribution < 1.29 is 0 Å². The standard InChI is InChI=1S/C12H22N4/c1-9(2)16-6-4-3-5-11(16)7-10-8-12(13)15-14-10/h8-9,11H,3-7H2,1-2H3,(H3,13,14,15). The first kappa shape index (κ1) is 11.5. The molecule has 1 saturated heterocycles. The smallest absolute Gasteiger partial charge is 0.145 e. The Morgan fingerprint density at radius 2 is 2.38 bits per heavy atom. The normalized spacial score (nSPS) is 22.8. The molecule has 0 aromatic carbocycles. The van der Waals surface area contributed by atoms with E-state index in [1.807, 2.05) is 6.07 Å². The van der Waals surface area contributed by atoms with E-state index in [0.717, 1.165) is 12.1 Å². The van der Waals surface area contributed by atoms with Crippen molar-refractivity contribution in [2.24, 2.45) is 0 Å². The van der Waals surface area contributed by atoms with Crippen LogP contribution in [0, 0.1) is 0 Å². The Labute approximate surface area is 97.2 Å². The first-order valence-corrected chi connectivity index (χ1v) is 6.22. The maximum atomic E-state index is 5.62. The summed E-state index contributed by atoms with van der Waals surface area (Å²) in [5.74, 6) is 0.599. The third-order valence-corrected chi connectivity index (χ3v) is 3.44. The number of nitrogens with one attached hydrogen (secondary N) is 1. The monoisotopic (exact) mass is 222 g/mol. The molecule has 0 saturated carbocycles. The molecule has 1 unspecified atom stereocenters. The van der Waals surface area contributed by atoms with Crippen LogP contribution in [0.2, 0.25) is 0 Å². The number of nitrogens with two attached hydrogens (primary N) is 1. The Balaban J connectivity index is 2.01. The van der Waals surface area contributed by atoms with E-state index in [-0.39, 0.29) is 0 Å². The molecular formula is C12H22N4. The molecule has 4 nitrogen and oxygen atoms in total. The minimum absolute atomic E-state index is 0.599. The van der Waals surface area contributed by atoms with Gasteiger partial charge in [0, 0.05) is 30.3 Å².